The topological polar surface area (TPSA) is 33.6 Å². The third-order valence-corrected chi connectivity index (χ3v) is 3.16. The Morgan fingerprint density at radius 1 is 1.35 bits per heavy atom. The molecule has 0 spiro atoms. The summed E-state index contributed by atoms with van der Waals surface area (Å²) < 4.78 is 2.70. The van der Waals surface area contributed by atoms with Crippen molar-refractivity contribution in [2.45, 2.75) is 26.3 Å². The van der Waals surface area contributed by atoms with Gasteiger partial charge in [0, 0.05) is 17.1 Å². The lowest BCUT2D eigenvalue weighted by Crippen LogP contribution is -2.00. The van der Waals surface area contributed by atoms with E-state index in [0.717, 1.165) is 35.8 Å². The fourth-order valence-corrected chi connectivity index (χ4v) is 2.01. The molecule has 3 nitrogen and oxygen atoms in total. The zero-order chi connectivity index (χ0) is 12.3. The van der Waals surface area contributed by atoms with Crippen LogP contribution in [0.3, 0.4) is 0 Å². The average molecular weight is 268 g/mol. The molecule has 90 valence electrons. The van der Waals surface area contributed by atoms with Gasteiger partial charge in [0.1, 0.15) is 0 Å². The molecule has 1 aromatic carbocycles. The van der Waals surface area contributed by atoms with Crippen molar-refractivity contribution < 1.29 is 0 Å². The molecular weight excluding hydrogens is 254 g/mol. The molecule has 2 rings (SSSR count). The van der Waals surface area contributed by atoms with E-state index < -0.39 is 0 Å². The lowest BCUT2D eigenvalue weighted by Gasteiger charge is -2.05. The fourth-order valence-electron chi connectivity index (χ4n) is 1.66. The maximum atomic E-state index is 5.87. The molecular formula is C12H14ClN3S. The predicted molar refractivity (Wildman–Crippen MR) is 72.8 cm³/mol. The molecule has 0 radical (unpaired) electrons. The van der Waals surface area contributed by atoms with Crippen molar-refractivity contribution >= 4 is 23.8 Å². The van der Waals surface area contributed by atoms with Gasteiger partial charge in [-0.15, -0.1) is 0 Å². The van der Waals surface area contributed by atoms with E-state index in [1.807, 2.05) is 28.8 Å². The van der Waals surface area contributed by atoms with Crippen LogP contribution in [0.25, 0.3) is 11.4 Å². The zero-order valence-corrected chi connectivity index (χ0v) is 11.2. The van der Waals surface area contributed by atoms with Crippen molar-refractivity contribution in [3.05, 3.63) is 34.1 Å². The van der Waals surface area contributed by atoms with Crippen molar-refractivity contribution in [1.29, 1.82) is 0 Å². The summed E-state index contributed by atoms with van der Waals surface area (Å²) in [6.45, 7) is 3.05. The number of nitrogens with zero attached hydrogens (tertiary/aromatic N) is 2. The molecule has 1 N–H and O–H groups in total. The smallest absolute Gasteiger partial charge is 0.195 e. The molecule has 0 saturated heterocycles. The summed E-state index contributed by atoms with van der Waals surface area (Å²) in [7, 11) is 0. The molecule has 0 atom stereocenters. The zero-order valence-electron chi connectivity index (χ0n) is 9.61. The summed E-state index contributed by atoms with van der Waals surface area (Å²) in [5, 5.41) is 7.84. The van der Waals surface area contributed by atoms with Gasteiger partial charge in [0.15, 0.2) is 10.6 Å². The van der Waals surface area contributed by atoms with Crippen molar-refractivity contribution in [1.82, 2.24) is 14.8 Å². The molecule has 17 heavy (non-hydrogen) atoms. The largest absolute Gasteiger partial charge is 0.300 e. The molecule has 0 unspecified atom stereocenters. The van der Waals surface area contributed by atoms with Crippen LogP contribution in [0.1, 0.15) is 19.8 Å². The number of hydrogen-bond acceptors (Lipinski definition) is 2. The first-order chi connectivity index (χ1) is 8.22. The van der Waals surface area contributed by atoms with Gasteiger partial charge in [0.25, 0.3) is 0 Å². The van der Waals surface area contributed by atoms with Crippen LogP contribution in [-0.4, -0.2) is 14.8 Å². The summed E-state index contributed by atoms with van der Waals surface area (Å²) >= 11 is 11.1. The Bertz CT molecular complexity index is 542. The van der Waals surface area contributed by atoms with Crippen molar-refractivity contribution in [2.24, 2.45) is 0 Å². The van der Waals surface area contributed by atoms with Crippen LogP contribution in [0.2, 0.25) is 5.02 Å². The van der Waals surface area contributed by atoms with E-state index in [2.05, 4.69) is 17.1 Å². The van der Waals surface area contributed by atoms with E-state index in [-0.39, 0.29) is 0 Å². The standard InChI is InChI=1S/C12H14ClN3S/c1-2-3-8-16-11(14-15-12(16)17)9-4-6-10(13)7-5-9/h4-7H,2-3,8H2,1H3,(H,15,17). The minimum Gasteiger partial charge on any atom is -0.300 e. The van der Waals surface area contributed by atoms with E-state index in [4.69, 9.17) is 23.8 Å². The Kier molecular flexibility index (Phi) is 3.97. The van der Waals surface area contributed by atoms with Gasteiger partial charge < -0.3 is 4.57 Å². The number of hydrogen-bond donors (Lipinski definition) is 1. The summed E-state index contributed by atoms with van der Waals surface area (Å²) in [4.78, 5) is 0. The van der Waals surface area contributed by atoms with E-state index in [9.17, 15) is 0 Å². The number of H-pyrrole nitrogens is 1. The lowest BCUT2D eigenvalue weighted by atomic mass is 10.2. The molecule has 1 heterocycles. The van der Waals surface area contributed by atoms with E-state index >= 15 is 0 Å². The Morgan fingerprint density at radius 2 is 2.06 bits per heavy atom. The number of rotatable bonds is 4. The van der Waals surface area contributed by atoms with E-state index in [0.29, 0.717) is 4.77 Å². The average Bonchev–Trinajstić information content (AvgIpc) is 2.69. The number of aromatic nitrogens is 3. The minimum absolute atomic E-state index is 0.670. The molecule has 5 heteroatoms. The number of aromatic amines is 1. The van der Waals surface area contributed by atoms with Crippen molar-refractivity contribution in [2.75, 3.05) is 0 Å². The molecule has 0 fully saturated rings. The van der Waals surface area contributed by atoms with Crippen LogP contribution >= 0.6 is 23.8 Å². The molecule has 0 amide bonds. The molecule has 0 bridgehead atoms. The Balaban J connectivity index is 2.38. The Labute approximate surface area is 110 Å². The predicted octanol–water partition coefficient (Wildman–Crippen LogP) is 4.06. The number of unbranched alkanes of at least 4 members (excludes halogenated alkanes) is 1. The van der Waals surface area contributed by atoms with E-state index in [1.54, 1.807) is 0 Å². The molecule has 0 aliphatic heterocycles. The van der Waals surface area contributed by atoms with Gasteiger partial charge in [-0.05, 0) is 42.9 Å². The lowest BCUT2D eigenvalue weighted by molar-refractivity contribution is 0.629. The van der Waals surface area contributed by atoms with Crippen molar-refractivity contribution in [3.63, 3.8) is 0 Å². The van der Waals surface area contributed by atoms with Gasteiger partial charge in [-0.3, -0.25) is 5.10 Å². The van der Waals surface area contributed by atoms with E-state index in [1.165, 1.54) is 0 Å². The second kappa shape index (κ2) is 5.47. The number of benzene rings is 1. The first kappa shape index (κ1) is 12.3. The Morgan fingerprint density at radius 3 is 2.71 bits per heavy atom. The van der Waals surface area contributed by atoms with Gasteiger partial charge in [0.2, 0.25) is 0 Å². The highest BCUT2D eigenvalue weighted by molar-refractivity contribution is 7.71. The summed E-state index contributed by atoms with van der Waals surface area (Å²) in [6, 6.07) is 7.63. The van der Waals surface area contributed by atoms with Gasteiger partial charge in [0.05, 0.1) is 0 Å². The van der Waals surface area contributed by atoms with Crippen LogP contribution in [0.5, 0.6) is 0 Å². The summed E-state index contributed by atoms with van der Waals surface area (Å²) in [6.07, 6.45) is 2.22. The monoisotopic (exact) mass is 267 g/mol. The molecule has 0 aliphatic carbocycles. The maximum absolute atomic E-state index is 5.87. The summed E-state index contributed by atoms with van der Waals surface area (Å²) in [5.74, 6) is 0.875. The summed E-state index contributed by atoms with van der Waals surface area (Å²) in [5.41, 5.74) is 1.03. The molecule has 0 aliphatic rings. The quantitative estimate of drug-likeness (QED) is 0.848. The number of nitrogens with one attached hydrogen (secondary N) is 1. The van der Waals surface area contributed by atoms with Gasteiger partial charge in [-0.2, -0.15) is 5.10 Å². The van der Waals surface area contributed by atoms with Gasteiger partial charge in [-0.1, -0.05) is 24.9 Å². The minimum atomic E-state index is 0.670. The van der Waals surface area contributed by atoms with Crippen LogP contribution in [0, 0.1) is 4.77 Å². The van der Waals surface area contributed by atoms with Gasteiger partial charge >= 0.3 is 0 Å². The molecule has 2 aromatic rings. The first-order valence-electron chi connectivity index (χ1n) is 5.63. The number of halogens is 1. The highest BCUT2D eigenvalue weighted by atomic mass is 35.5. The second-order valence-corrected chi connectivity index (χ2v) is 4.69. The fraction of sp³-hybridized carbons (Fsp3) is 0.333. The van der Waals surface area contributed by atoms with Crippen LogP contribution in [0.4, 0.5) is 0 Å². The SMILES string of the molecule is CCCCn1c(-c2ccc(Cl)cc2)n[nH]c1=S. The molecule has 1 aromatic heterocycles. The maximum Gasteiger partial charge on any atom is 0.195 e. The van der Waals surface area contributed by atoms with Crippen LogP contribution in [0.15, 0.2) is 24.3 Å². The first-order valence-corrected chi connectivity index (χ1v) is 6.42. The normalized spacial score (nSPS) is 10.7. The van der Waals surface area contributed by atoms with Crippen LogP contribution in [-0.2, 0) is 6.54 Å². The second-order valence-electron chi connectivity index (χ2n) is 3.86. The highest BCUT2D eigenvalue weighted by Crippen LogP contribution is 2.20. The van der Waals surface area contributed by atoms with Crippen molar-refractivity contribution in [3.8, 4) is 11.4 Å². The third-order valence-electron chi connectivity index (χ3n) is 2.60. The molecule has 0 saturated carbocycles. The Hall–Kier alpha value is -1.13. The van der Waals surface area contributed by atoms with Gasteiger partial charge in [-0.25, -0.2) is 0 Å². The van der Waals surface area contributed by atoms with Crippen LogP contribution < -0.4 is 0 Å². The third kappa shape index (κ3) is 2.76. The highest BCUT2D eigenvalue weighted by Gasteiger charge is 2.07.